The first kappa shape index (κ1) is 9.74. The smallest absolute Gasteiger partial charge is 0.0492 e. The molecule has 0 aliphatic rings. The molecule has 0 amide bonds. The van der Waals surface area contributed by atoms with Crippen molar-refractivity contribution in [2.24, 2.45) is 12.8 Å². The summed E-state index contributed by atoms with van der Waals surface area (Å²) < 4.78 is 3.28. The predicted molar refractivity (Wildman–Crippen MR) is 63.4 cm³/mol. The van der Waals surface area contributed by atoms with Gasteiger partial charge in [0.15, 0.2) is 0 Å². The molecule has 0 spiro atoms. The average Bonchev–Trinajstić information content (AvgIpc) is 2.44. The highest BCUT2D eigenvalue weighted by Crippen LogP contribution is 2.28. The van der Waals surface area contributed by atoms with Crippen molar-refractivity contribution in [1.82, 2.24) is 4.57 Å². The van der Waals surface area contributed by atoms with Gasteiger partial charge in [-0.25, -0.2) is 0 Å². The summed E-state index contributed by atoms with van der Waals surface area (Å²) in [6, 6.07) is 6.35. The van der Waals surface area contributed by atoms with Crippen LogP contribution < -0.4 is 5.73 Å². The van der Waals surface area contributed by atoms with Crippen LogP contribution in [0.25, 0.3) is 10.9 Å². The van der Waals surface area contributed by atoms with Crippen molar-refractivity contribution in [3.8, 4) is 0 Å². The predicted octanol–water partition coefficient (Wildman–Crippen LogP) is 2.44. The number of nitrogens with zero attached hydrogens (tertiary/aromatic N) is 1. The Morgan fingerprint density at radius 3 is 2.93 bits per heavy atom. The lowest BCUT2D eigenvalue weighted by molar-refractivity contribution is 0.962. The van der Waals surface area contributed by atoms with E-state index in [-0.39, 0.29) is 0 Å². The number of benzene rings is 1. The fourth-order valence-corrected chi connectivity index (χ4v) is 2.59. The topological polar surface area (TPSA) is 30.9 Å². The standard InChI is InChI=1S/C11H13BrN2/c1-14-7-9(12)11-8(5-6-13)3-2-4-10(11)14/h2-4,7H,5-6,13H2,1H3. The molecule has 0 bridgehead atoms. The highest BCUT2D eigenvalue weighted by molar-refractivity contribution is 9.10. The zero-order valence-corrected chi connectivity index (χ0v) is 9.71. The highest BCUT2D eigenvalue weighted by atomic mass is 79.9. The van der Waals surface area contributed by atoms with Crippen LogP contribution in [0.3, 0.4) is 0 Å². The molecule has 0 atom stereocenters. The summed E-state index contributed by atoms with van der Waals surface area (Å²) in [5.41, 5.74) is 8.16. The zero-order chi connectivity index (χ0) is 10.1. The summed E-state index contributed by atoms with van der Waals surface area (Å²) in [6.45, 7) is 0.695. The molecule has 1 heterocycles. The number of hydrogen-bond donors (Lipinski definition) is 1. The van der Waals surface area contributed by atoms with Gasteiger partial charge < -0.3 is 10.3 Å². The lowest BCUT2D eigenvalue weighted by Crippen LogP contribution is -2.02. The van der Waals surface area contributed by atoms with E-state index in [0.29, 0.717) is 6.54 Å². The first-order chi connectivity index (χ1) is 6.74. The van der Waals surface area contributed by atoms with Crippen molar-refractivity contribution in [3.05, 3.63) is 34.4 Å². The monoisotopic (exact) mass is 252 g/mol. The molecule has 0 aliphatic carbocycles. The summed E-state index contributed by atoms with van der Waals surface area (Å²) >= 11 is 3.58. The summed E-state index contributed by atoms with van der Waals surface area (Å²) in [7, 11) is 2.05. The Morgan fingerprint density at radius 2 is 2.21 bits per heavy atom. The minimum absolute atomic E-state index is 0.695. The van der Waals surface area contributed by atoms with Gasteiger partial charge in [-0.15, -0.1) is 0 Å². The van der Waals surface area contributed by atoms with Gasteiger partial charge in [-0.3, -0.25) is 0 Å². The Kier molecular flexibility index (Phi) is 2.61. The molecule has 0 unspecified atom stereocenters. The molecule has 74 valence electrons. The molecule has 0 aliphatic heterocycles. The molecule has 1 aromatic heterocycles. The lowest BCUT2D eigenvalue weighted by atomic mass is 10.1. The normalized spacial score (nSPS) is 11.1. The van der Waals surface area contributed by atoms with E-state index in [1.54, 1.807) is 0 Å². The third-order valence-electron chi connectivity index (χ3n) is 2.47. The third kappa shape index (κ3) is 1.47. The van der Waals surface area contributed by atoms with Gasteiger partial charge in [-0.2, -0.15) is 0 Å². The summed E-state index contributed by atoms with van der Waals surface area (Å²) in [4.78, 5) is 0. The number of hydrogen-bond acceptors (Lipinski definition) is 1. The lowest BCUT2D eigenvalue weighted by Gasteiger charge is -2.02. The molecule has 0 fully saturated rings. The zero-order valence-electron chi connectivity index (χ0n) is 8.13. The van der Waals surface area contributed by atoms with E-state index in [1.807, 2.05) is 0 Å². The fourth-order valence-electron chi connectivity index (χ4n) is 1.82. The fraction of sp³-hybridized carbons (Fsp3) is 0.273. The van der Waals surface area contributed by atoms with Gasteiger partial charge >= 0.3 is 0 Å². The van der Waals surface area contributed by atoms with Crippen LogP contribution in [0.4, 0.5) is 0 Å². The van der Waals surface area contributed by atoms with Gasteiger partial charge in [0, 0.05) is 28.6 Å². The van der Waals surface area contributed by atoms with Gasteiger partial charge in [0.05, 0.1) is 0 Å². The van der Waals surface area contributed by atoms with Gasteiger partial charge in [-0.05, 0) is 40.5 Å². The maximum atomic E-state index is 5.59. The molecule has 2 N–H and O–H groups in total. The van der Waals surface area contributed by atoms with Gasteiger partial charge in [0.1, 0.15) is 0 Å². The van der Waals surface area contributed by atoms with E-state index >= 15 is 0 Å². The molecule has 14 heavy (non-hydrogen) atoms. The Labute approximate surface area is 91.8 Å². The van der Waals surface area contributed by atoms with Crippen molar-refractivity contribution < 1.29 is 0 Å². The number of rotatable bonds is 2. The van der Waals surface area contributed by atoms with Crippen LogP contribution in [0.1, 0.15) is 5.56 Å². The average molecular weight is 253 g/mol. The second kappa shape index (κ2) is 3.75. The molecule has 2 nitrogen and oxygen atoms in total. The summed E-state index contributed by atoms with van der Waals surface area (Å²) in [5, 5.41) is 1.29. The van der Waals surface area contributed by atoms with E-state index in [0.717, 1.165) is 10.9 Å². The maximum Gasteiger partial charge on any atom is 0.0492 e. The third-order valence-corrected chi connectivity index (χ3v) is 3.07. The van der Waals surface area contributed by atoms with Gasteiger partial charge in [-0.1, -0.05) is 12.1 Å². The van der Waals surface area contributed by atoms with E-state index in [4.69, 9.17) is 5.73 Å². The molecule has 0 saturated heterocycles. The van der Waals surface area contributed by atoms with Crippen LogP contribution in [-0.4, -0.2) is 11.1 Å². The second-order valence-corrected chi connectivity index (χ2v) is 4.29. The van der Waals surface area contributed by atoms with Crippen LogP contribution in [0.5, 0.6) is 0 Å². The van der Waals surface area contributed by atoms with Crippen molar-refractivity contribution in [1.29, 1.82) is 0 Å². The molecule has 2 rings (SSSR count). The van der Waals surface area contributed by atoms with Crippen LogP contribution in [0.15, 0.2) is 28.9 Å². The van der Waals surface area contributed by atoms with Crippen LogP contribution in [-0.2, 0) is 13.5 Å². The van der Waals surface area contributed by atoms with E-state index < -0.39 is 0 Å². The van der Waals surface area contributed by atoms with E-state index in [2.05, 4.69) is 51.9 Å². The second-order valence-electron chi connectivity index (χ2n) is 3.44. The Morgan fingerprint density at radius 1 is 1.43 bits per heavy atom. The highest BCUT2D eigenvalue weighted by Gasteiger charge is 2.07. The van der Waals surface area contributed by atoms with Crippen molar-refractivity contribution in [2.45, 2.75) is 6.42 Å². The van der Waals surface area contributed by atoms with Gasteiger partial charge in [0.25, 0.3) is 0 Å². The first-order valence-corrected chi connectivity index (χ1v) is 5.46. The van der Waals surface area contributed by atoms with Crippen molar-refractivity contribution >= 4 is 26.8 Å². The molecular formula is C11H13BrN2. The molecular weight excluding hydrogens is 240 g/mol. The van der Waals surface area contributed by atoms with Crippen molar-refractivity contribution in [3.63, 3.8) is 0 Å². The Bertz CT molecular complexity index is 460. The van der Waals surface area contributed by atoms with Crippen LogP contribution in [0.2, 0.25) is 0 Å². The molecule has 3 heteroatoms. The van der Waals surface area contributed by atoms with E-state index in [9.17, 15) is 0 Å². The summed E-state index contributed by atoms with van der Waals surface area (Å²) in [6.07, 6.45) is 3.02. The van der Waals surface area contributed by atoms with E-state index in [1.165, 1.54) is 16.5 Å². The minimum Gasteiger partial charge on any atom is -0.349 e. The summed E-state index contributed by atoms with van der Waals surface area (Å²) in [5.74, 6) is 0. The quantitative estimate of drug-likeness (QED) is 0.875. The number of fused-ring (bicyclic) bond motifs is 1. The van der Waals surface area contributed by atoms with Gasteiger partial charge in [0.2, 0.25) is 0 Å². The Hall–Kier alpha value is -0.800. The number of aryl methyl sites for hydroxylation is 1. The minimum atomic E-state index is 0.695. The molecule has 1 aromatic carbocycles. The Balaban J connectivity index is 2.72. The molecule has 0 radical (unpaired) electrons. The van der Waals surface area contributed by atoms with Crippen molar-refractivity contribution in [2.75, 3.05) is 6.54 Å². The molecule has 0 saturated carbocycles. The number of halogens is 1. The van der Waals surface area contributed by atoms with Crippen LogP contribution >= 0.6 is 15.9 Å². The number of nitrogens with two attached hydrogens (primary N) is 1. The first-order valence-electron chi connectivity index (χ1n) is 4.66. The number of aromatic nitrogens is 1. The van der Waals surface area contributed by atoms with Crippen LogP contribution in [0, 0.1) is 0 Å². The largest absolute Gasteiger partial charge is 0.349 e. The SMILES string of the molecule is Cn1cc(Br)c2c(CCN)cccc21. The molecule has 2 aromatic rings. The maximum absolute atomic E-state index is 5.59.